The zero-order chi connectivity index (χ0) is 18.9. The Kier molecular flexibility index (Phi) is 10.8. The molecule has 0 saturated carbocycles. The largest absolute Gasteiger partial charge is 0.493 e. The van der Waals surface area contributed by atoms with Gasteiger partial charge in [-0.15, -0.1) is 24.0 Å². The molecule has 1 aromatic rings. The van der Waals surface area contributed by atoms with Crippen LogP contribution in [0, 0.1) is 5.92 Å². The number of morpholine rings is 1. The number of ether oxygens (including phenoxy) is 3. The maximum Gasteiger partial charge on any atom is 0.189 e. The van der Waals surface area contributed by atoms with Crippen molar-refractivity contribution >= 4 is 29.9 Å². The standard InChI is InChI=1S/C19H32N4O3.HI/c1-14(2)12-23-7-8-26-16(13-23)11-22-19(20)21-10-15-5-6-17(24-3)18(9-15)25-4;/h5-6,9,14,16H,7-8,10-13H2,1-4H3,(H3,20,21,22);1H. The number of benzene rings is 1. The first-order valence-electron chi connectivity index (χ1n) is 9.10. The van der Waals surface area contributed by atoms with Crippen LogP contribution in [0.25, 0.3) is 0 Å². The van der Waals surface area contributed by atoms with E-state index >= 15 is 0 Å². The van der Waals surface area contributed by atoms with Crippen LogP contribution < -0.4 is 20.5 Å². The zero-order valence-corrected chi connectivity index (χ0v) is 19.1. The summed E-state index contributed by atoms with van der Waals surface area (Å²) in [5.74, 6) is 2.47. The summed E-state index contributed by atoms with van der Waals surface area (Å²) < 4.78 is 16.4. The average molecular weight is 492 g/mol. The van der Waals surface area contributed by atoms with Crippen molar-refractivity contribution < 1.29 is 14.2 Å². The molecule has 0 bridgehead atoms. The third kappa shape index (κ3) is 8.10. The van der Waals surface area contributed by atoms with Gasteiger partial charge in [-0.2, -0.15) is 0 Å². The molecule has 0 amide bonds. The van der Waals surface area contributed by atoms with Crippen LogP contribution in [0.1, 0.15) is 19.4 Å². The predicted molar refractivity (Wildman–Crippen MR) is 119 cm³/mol. The van der Waals surface area contributed by atoms with Crippen molar-refractivity contribution in [3.05, 3.63) is 23.8 Å². The first-order chi connectivity index (χ1) is 12.5. The molecule has 0 aliphatic carbocycles. The number of aliphatic imine (C=N–C) groups is 1. The van der Waals surface area contributed by atoms with Crippen LogP contribution in [-0.4, -0.2) is 64.0 Å². The number of hydrogen-bond acceptors (Lipinski definition) is 5. The van der Waals surface area contributed by atoms with Crippen molar-refractivity contribution in [3.63, 3.8) is 0 Å². The Balaban J connectivity index is 0.00000364. The summed E-state index contributed by atoms with van der Waals surface area (Å²) in [5.41, 5.74) is 7.00. The highest BCUT2D eigenvalue weighted by atomic mass is 127. The Bertz CT molecular complexity index is 598. The van der Waals surface area contributed by atoms with Gasteiger partial charge in [0.05, 0.1) is 33.5 Å². The van der Waals surface area contributed by atoms with Gasteiger partial charge in [-0.05, 0) is 23.6 Å². The molecular formula is C19H33IN4O3. The minimum atomic E-state index is 0. The zero-order valence-electron chi connectivity index (χ0n) is 16.7. The van der Waals surface area contributed by atoms with Crippen molar-refractivity contribution in [1.82, 2.24) is 10.2 Å². The number of nitrogens with two attached hydrogens (primary N) is 1. The lowest BCUT2D eigenvalue weighted by molar-refractivity contribution is -0.0284. The molecule has 1 saturated heterocycles. The van der Waals surface area contributed by atoms with Gasteiger partial charge < -0.3 is 25.3 Å². The van der Waals surface area contributed by atoms with Crippen molar-refractivity contribution in [2.75, 3.05) is 47.0 Å². The van der Waals surface area contributed by atoms with E-state index < -0.39 is 0 Å². The molecule has 1 unspecified atom stereocenters. The van der Waals surface area contributed by atoms with Gasteiger partial charge in [0.15, 0.2) is 17.5 Å². The Morgan fingerprint density at radius 1 is 1.33 bits per heavy atom. The van der Waals surface area contributed by atoms with E-state index in [9.17, 15) is 0 Å². The Labute approximate surface area is 179 Å². The summed E-state index contributed by atoms with van der Waals surface area (Å²) in [6, 6.07) is 5.72. The molecule has 2 rings (SSSR count). The Hall–Kier alpha value is -1.26. The van der Waals surface area contributed by atoms with Gasteiger partial charge in [-0.1, -0.05) is 19.9 Å². The second-order valence-electron chi connectivity index (χ2n) is 6.92. The van der Waals surface area contributed by atoms with E-state index in [0.29, 0.717) is 36.5 Å². The van der Waals surface area contributed by atoms with Gasteiger partial charge in [0.2, 0.25) is 0 Å². The molecule has 27 heavy (non-hydrogen) atoms. The smallest absolute Gasteiger partial charge is 0.189 e. The summed E-state index contributed by atoms with van der Waals surface area (Å²) in [5, 5.41) is 3.17. The molecule has 0 spiro atoms. The molecule has 1 fully saturated rings. The number of nitrogens with zero attached hydrogens (tertiary/aromatic N) is 2. The summed E-state index contributed by atoms with van der Waals surface area (Å²) >= 11 is 0. The maximum atomic E-state index is 5.99. The molecule has 0 radical (unpaired) electrons. The second-order valence-corrected chi connectivity index (χ2v) is 6.92. The fourth-order valence-corrected chi connectivity index (χ4v) is 3.02. The van der Waals surface area contributed by atoms with E-state index in [-0.39, 0.29) is 30.1 Å². The Morgan fingerprint density at radius 2 is 2.07 bits per heavy atom. The lowest BCUT2D eigenvalue weighted by atomic mass is 10.2. The summed E-state index contributed by atoms with van der Waals surface area (Å²) in [6.07, 6.45) is 0.136. The van der Waals surface area contributed by atoms with Crippen LogP contribution in [-0.2, 0) is 11.3 Å². The third-order valence-electron chi connectivity index (χ3n) is 4.24. The minimum absolute atomic E-state index is 0. The number of guanidine groups is 1. The van der Waals surface area contributed by atoms with Gasteiger partial charge in [-0.25, -0.2) is 4.99 Å². The van der Waals surface area contributed by atoms with E-state index in [1.165, 1.54) is 0 Å². The lowest BCUT2D eigenvalue weighted by Gasteiger charge is -2.34. The normalized spacial score (nSPS) is 18.1. The topological polar surface area (TPSA) is 81.3 Å². The van der Waals surface area contributed by atoms with Crippen molar-refractivity contribution in [2.24, 2.45) is 16.6 Å². The van der Waals surface area contributed by atoms with Crippen molar-refractivity contribution in [3.8, 4) is 11.5 Å². The molecule has 154 valence electrons. The molecule has 1 aliphatic rings. The number of halogens is 1. The van der Waals surface area contributed by atoms with Gasteiger partial charge in [0.1, 0.15) is 0 Å². The van der Waals surface area contributed by atoms with Gasteiger partial charge in [0.25, 0.3) is 0 Å². The predicted octanol–water partition coefficient (Wildman–Crippen LogP) is 2.08. The molecular weight excluding hydrogens is 459 g/mol. The summed E-state index contributed by atoms with van der Waals surface area (Å²) in [4.78, 5) is 6.84. The molecule has 1 aliphatic heterocycles. The van der Waals surface area contributed by atoms with Crippen LogP contribution in [0.15, 0.2) is 23.2 Å². The monoisotopic (exact) mass is 492 g/mol. The van der Waals surface area contributed by atoms with Crippen LogP contribution in [0.2, 0.25) is 0 Å². The van der Waals surface area contributed by atoms with Crippen LogP contribution >= 0.6 is 24.0 Å². The van der Waals surface area contributed by atoms with Crippen molar-refractivity contribution in [2.45, 2.75) is 26.5 Å². The molecule has 3 N–H and O–H groups in total. The highest BCUT2D eigenvalue weighted by Crippen LogP contribution is 2.27. The number of hydrogen-bond donors (Lipinski definition) is 2. The van der Waals surface area contributed by atoms with Crippen LogP contribution in [0.3, 0.4) is 0 Å². The lowest BCUT2D eigenvalue weighted by Crippen LogP contribution is -2.49. The van der Waals surface area contributed by atoms with E-state index in [4.69, 9.17) is 19.9 Å². The number of rotatable bonds is 8. The molecule has 1 aromatic carbocycles. The van der Waals surface area contributed by atoms with E-state index in [0.717, 1.165) is 31.8 Å². The van der Waals surface area contributed by atoms with E-state index in [1.807, 2.05) is 18.2 Å². The highest BCUT2D eigenvalue weighted by Gasteiger charge is 2.20. The minimum Gasteiger partial charge on any atom is -0.493 e. The first kappa shape index (κ1) is 23.8. The van der Waals surface area contributed by atoms with Gasteiger partial charge >= 0.3 is 0 Å². The Morgan fingerprint density at radius 3 is 2.74 bits per heavy atom. The second kappa shape index (κ2) is 12.2. The number of methoxy groups -OCH3 is 2. The SMILES string of the molecule is COc1ccc(CN=C(N)NCC2CN(CC(C)C)CCO2)cc1OC.I. The van der Waals surface area contributed by atoms with Gasteiger partial charge in [0, 0.05) is 26.2 Å². The van der Waals surface area contributed by atoms with Crippen LogP contribution in [0.5, 0.6) is 11.5 Å². The molecule has 1 atom stereocenters. The fourth-order valence-electron chi connectivity index (χ4n) is 3.02. The summed E-state index contributed by atoms with van der Waals surface area (Å²) in [6.45, 7) is 9.40. The van der Waals surface area contributed by atoms with Gasteiger partial charge in [-0.3, -0.25) is 4.90 Å². The van der Waals surface area contributed by atoms with Crippen molar-refractivity contribution in [1.29, 1.82) is 0 Å². The van der Waals surface area contributed by atoms with E-state index in [2.05, 4.69) is 29.1 Å². The fraction of sp³-hybridized carbons (Fsp3) is 0.632. The third-order valence-corrected chi connectivity index (χ3v) is 4.24. The van der Waals surface area contributed by atoms with E-state index in [1.54, 1.807) is 14.2 Å². The quantitative estimate of drug-likeness (QED) is 0.329. The number of nitrogens with one attached hydrogen (secondary N) is 1. The summed E-state index contributed by atoms with van der Waals surface area (Å²) in [7, 11) is 3.24. The molecule has 0 aromatic heterocycles. The van der Waals surface area contributed by atoms with Crippen LogP contribution in [0.4, 0.5) is 0 Å². The average Bonchev–Trinajstić information content (AvgIpc) is 2.64. The first-order valence-corrected chi connectivity index (χ1v) is 9.10. The highest BCUT2D eigenvalue weighted by molar-refractivity contribution is 14.0. The molecule has 8 heteroatoms. The maximum absolute atomic E-state index is 5.99. The molecule has 7 nitrogen and oxygen atoms in total. The molecule has 1 heterocycles.